The summed E-state index contributed by atoms with van der Waals surface area (Å²) >= 11 is 0. The highest BCUT2D eigenvalue weighted by molar-refractivity contribution is 5.57. The average molecular weight is 323 g/mol. The van der Waals surface area contributed by atoms with Crippen LogP contribution in [0, 0.1) is 0 Å². The molecule has 1 fully saturated rings. The van der Waals surface area contributed by atoms with E-state index in [1.54, 1.807) is 7.11 Å². The predicted molar refractivity (Wildman–Crippen MR) is 99.5 cm³/mol. The SMILES string of the molecule is COc1ccccc1/C=C\CNC1CCN(c2ccccn2)CC1. The smallest absolute Gasteiger partial charge is 0.128 e. The lowest BCUT2D eigenvalue weighted by atomic mass is 10.0. The van der Waals surface area contributed by atoms with Crippen LogP contribution >= 0.6 is 0 Å². The fourth-order valence-corrected chi connectivity index (χ4v) is 3.08. The number of ether oxygens (including phenoxy) is 1. The Kier molecular flexibility index (Phi) is 5.85. The van der Waals surface area contributed by atoms with Crippen molar-refractivity contribution in [3.8, 4) is 5.75 Å². The highest BCUT2D eigenvalue weighted by Gasteiger charge is 2.18. The van der Waals surface area contributed by atoms with E-state index in [-0.39, 0.29) is 0 Å². The van der Waals surface area contributed by atoms with Gasteiger partial charge in [0.2, 0.25) is 0 Å². The summed E-state index contributed by atoms with van der Waals surface area (Å²) in [5.41, 5.74) is 1.12. The van der Waals surface area contributed by atoms with E-state index in [4.69, 9.17) is 4.74 Å². The number of pyridine rings is 1. The Hall–Kier alpha value is -2.33. The van der Waals surface area contributed by atoms with E-state index in [0.29, 0.717) is 6.04 Å². The normalized spacial score (nSPS) is 15.8. The van der Waals surface area contributed by atoms with Crippen LogP contribution in [0.2, 0.25) is 0 Å². The van der Waals surface area contributed by atoms with Gasteiger partial charge in [0.1, 0.15) is 11.6 Å². The molecule has 0 saturated carbocycles. The van der Waals surface area contributed by atoms with Crippen LogP contribution in [0.25, 0.3) is 6.08 Å². The number of aromatic nitrogens is 1. The lowest BCUT2D eigenvalue weighted by Gasteiger charge is -2.33. The molecule has 0 aliphatic carbocycles. The third-order valence-corrected chi connectivity index (χ3v) is 4.43. The van der Waals surface area contributed by atoms with Crippen molar-refractivity contribution in [3.63, 3.8) is 0 Å². The summed E-state index contributed by atoms with van der Waals surface area (Å²) in [4.78, 5) is 6.80. The van der Waals surface area contributed by atoms with Crippen molar-refractivity contribution in [2.75, 3.05) is 31.6 Å². The third-order valence-electron chi connectivity index (χ3n) is 4.43. The van der Waals surface area contributed by atoms with Gasteiger partial charge in [0.05, 0.1) is 7.11 Å². The molecule has 4 nitrogen and oxygen atoms in total. The fraction of sp³-hybridized carbons (Fsp3) is 0.350. The zero-order valence-electron chi connectivity index (χ0n) is 14.2. The van der Waals surface area contributed by atoms with Crippen LogP contribution < -0.4 is 15.0 Å². The second-order valence-electron chi connectivity index (χ2n) is 6.00. The lowest BCUT2D eigenvalue weighted by Crippen LogP contribution is -2.42. The van der Waals surface area contributed by atoms with E-state index < -0.39 is 0 Å². The Morgan fingerprint density at radius 3 is 2.71 bits per heavy atom. The zero-order valence-corrected chi connectivity index (χ0v) is 14.2. The highest BCUT2D eigenvalue weighted by atomic mass is 16.5. The largest absolute Gasteiger partial charge is 0.496 e. The van der Waals surface area contributed by atoms with E-state index >= 15 is 0 Å². The summed E-state index contributed by atoms with van der Waals surface area (Å²) in [5, 5.41) is 3.63. The molecule has 1 N–H and O–H groups in total. The summed E-state index contributed by atoms with van der Waals surface area (Å²) < 4.78 is 5.36. The molecule has 0 bridgehead atoms. The van der Waals surface area contributed by atoms with Crippen molar-refractivity contribution >= 4 is 11.9 Å². The number of hydrogen-bond acceptors (Lipinski definition) is 4. The molecule has 0 atom stereocenters. The first-order valence-electron chi connectivity index (χ1n) is 8.56. The van der Waals surface area contributed by atoms with Crippen LogP contribution in [0.15, 0.2) is 54.7 Å². The number of hydrogen-bond donors (Lipinski definition) is 1. The van der Waals surface area contributed by atoms with Gasteiger partial charge >= 0.3 is 0 Å². The van der Waals surface area contributed by atoms with Gasteiger partial charge in [-0.25, -0.2) is 4.98 Å². The Morgan fingerprint density at radius 2 is 1.96 bits per heavy atom. The van der Waals surface area contributed by atoms with Crippen LogP contribution in [-0.2, 0) is 0 Å². The second kappa shape index (κ2) is 8.50. The third kappa shape index (κ3) is 4.36. The van der Waals surface area contributed by atoms with Crippen molar-refractivity contribution in [2.24, 2.45) is 0 Å². The number of nitrogens with zero attached hydrogens (tertiary/aromatic N) is 2. The van der Waals surface area contributed by atoms with Gasteiger partial charge in [0.25, 0.3) is 0 Å². The number of para-hydroxylation sites is 1. The molecule has 1 saturated heterocycles. The molecule has 0 unspecified atom stereocenters. The van der Waals surface area contributed by atoms with Crippen molar-refractivity contribution in [1.82, 2.24) is 10.3 Å². The number of rotatable bonds is 6. The lowest BCUT2D eigenvalue weighted by molar-refractivity contribution is 0.414. The van der Waals surface area contributed by atoms with Crippen LogP contribution in [-0.4, -0.2) is 37.8 Å². The van der Waals surface area contributed by atoms with Gasteiger partial charge in [-0.15, -0.1) is 0 Å². The van der Waals surface area contributed by atoms with E-state index in [9.17, 15) is 0 Å². The van der Waals surface area contributed by atoms with Gasteiger partial charge in [-0.3, -0.25) is 0 Å². The Morgan fingerprint density at radius 1 is 1.17 bits per heavy atom. The highest BCUT2D eigenvalue weighted by Crippen LogP contribution is 2.19. The Labute approximate surface area is 144 Å². The molecule has 2 aromatic rings. The van der Waals surface area contributed by atoms with Gasteiger partial charge in [0, 0.05) is 37.4 Å². The first-order valence-corrected chi connectivity index (χ1v) is 8.56. The van der Waals surface area contributed by atoms with Gasteiger partial charge < -0.3 is 15.0 Å². The average Bonchev–Trinajstić information content (AvgIpc) is 2.67. The molecular formula is C20H25N3O. The molecule has 1 aromatic heterocycles. The molecular weight excluding hydrogens is 298 g/mol. The summed E-state index contributed by atoms with van der Waals surface area (Å²) in [6, 6.07) is 14.8. The van der Waals surface area contributed by atoms with Crippen LogP contribution in [0.1, 0.15) is 18.4 Å². The number of methoxy groups -OCH3 is 1. The number of benzene rings is 1. The number of piperidine rings is 1. The predicted octanol–water partition coefficient (Wildman–Crippen LogP) is 3.36. The summed E-state index contributed by atoms with van der Waals surface area (Å²) in [6.07, 6.45) is 8.46. The molecule has 126 valence electrons. The summed E-state index contributed by atoms with van der Waals surface area (Å²) in [5.74, 6) is 2.00. The van der Waals surface area contributed by atoms with Crippen LogP contribution in [0.5, 0.6) is 5.75 Å². The second-order valence-corrected chi connectivity index (χ2v) is 6.00. The van der Waals surface area contributed by atoms with Gasteiger partial charge in [-0.1, -0.05) is 36.4 Å². The van der Waals surface area contributed by atoms with Gasteiger partial charge in [-0.05, 0) is 31.0 Å². The molecule has 3 rings (SSSR count). The van der Waals surface area contributed by atoms with Gasteiger partial charge in [0.15, 0.2) is 0 Å². The zero-order chi connectivity index (χ0) is 16.6. The van der Waals surface area contributed by atoms with Crippen LogP contribution in [0.3, 0.4) is 0 Å². The van der Waals surface area contributed by atoms with Crippen molar-refractivity contribution in [1.29, 1.82) is 0 Å². The number of anilines is 1. The quantitative estimate of drug-likeness (QED) is 0.884. The number of nitrogens with one attached hydrogen (secondary N) is 1. The topological polar surface area (TPSA) is 37.4 Å². The maximum absolute atomic E-state index is 5.36. The van der Waals surface area contributed by atoms with E-state index in [1.807, 2.05) is 30.5 Å². The minimum Gasteiger partial charge on any atom is -0.496 e. The molecule has 4 heteroatoms. The van der Waals surface area contributed by atoms with E-state index in [0.717, 1.165) is 49.6 Å². The molecule has 0 amide bonds. The molecule has 1 aliphatic rings. The first kappa shape index (κ1) is 16.5. The van der Waals surface area contributed by atoms with E-state index in [2.05, 4.69) is 45.6 Å². The van der Waals surface area contributed by atoms with Crippen molar-refractivity contribution in [2.45, 2.75) is 18.9 Å². The minimum atomic E-state index is 0.576. The summed E-state index contributed by atoms with van der Waals surface area (Å²) in [6.45, 7) is 3.00. The molecule has 2 heterocycles. The maximum Gasteiger partial charge on any atom is 0.128 e. The minimum absolute atomic E-state index is 0.576. The molecule has 24 heavy (non-hydrogen) atoms. The first-order chi connectivity index (χ1) is 11.9. The Bertz CT molecular complexity index is 649. The Balaban J connectivity index is 1.43. The van der Waals surface area contributed by atoms with Crippen molar-refractivity contribution in [3.05, 3.63) is 60.3 Å². The molecule has 0 spiro atoms. The van der Waals surface area contributed by atoms with Gasteiger partial charge in [-0.2, -0.15) is 0 Å². The standard InChI is InChI=1S/C20H25N3O/c1-24-19-9-3-2-7-17(19)8-6-14-21-18-11-15-23(16-12-18)20-10-4-5-13-22-20/h2-10,13,18,21H,11-12,14-16H2,1H3/b8-6-. The maximum atomic E-state index is 5.36. The monoisotopic (exact) mass is 323 g/mol. The molecule has 1 aromatic carbocycles. The fourth-order valence-electron chi connectivity index (χ4n) is 3.08. The summed E-state index contributed by atoms with van der Waals surface area (Å²) in [7, 11) is 1.71. The van der Waals surface area contributed by atoms with Crippen LogP contribution in [0.4, 0.5) is 5.82 Å². The molecule has 1 aliphatic heterocycles. The molecule has 0 radical (unpaired) electrons. The van der Waals surface area contributed by atoms with Crippen molar-refractivity contribution < 1.29 is 4.74 Å². The van der Waals surface area contributed by atoms with E-state index in [1.165, 1.54) is 0 Å².